The van der Waals surface area contributed by atoms with Gasteiger partial charge in [-0.3, -0.25) is 4.79 Å². The Balaban J connectivity index is 1.58. The molecule has 27 heavy (non-hydrogen) atoms. The first-order chi connectivity index (χ1) is 13.2. The van der Waals surface area contributed by atoms with Crippen LogP contribution in [0.1, 0.15) is 16.1 Å². The van der Waals surface area contributed by atoms with Crippen molar-refractivity contribution in [1.29, 1.82) is 0 Å². The standard InChI is InChI=1S/C21H15BrN2O3/c1-26-18-9-7-15(22)10-14(18)12-23-24-21(25)20-11-17-16-5-3-2-4-13(16)6-8-19(17)27-20/h2-12H,1H3,(H,24,25). The molecule has 0 fully saturated rings. The van der Waals surface area contributed by atoms with Gasteiger partial charge in [0.15, 0.2) is 5.76 Å². The lowest BCUT2D eigenvalue weighted by atomic mass is 10.1. The van der Waals surface area contributed by atoms with Gasteiger partial charge in [0, 0.05) is 15.4 Å². The van der Waals surface area contributed by atoms with Gasteiger partial charge < -0.3 is 9.15 Å². The van der Waals surface area contributed by atoms with E-state index >= 15 is 0 Å². The molecule has 0 radical (unpaired) electrons. The molecule has 0 unspecified atom stereocenters. The zero-order valence-corrected chi connectivity index (χ0v) is 16.0. The molecule has 1 heterocycles. The summed E-state index contributed by atoms with van der Waals surface area (Å²) < 4.78 is 11.9. The SMILES string of the molecule is COc1ccc(Br)cc1C=NNC(=O)c1cc2c(ccc3ccccc32)o1. The molecule has 0 aliphatic rings. The van der Waals surface area contributed by atoms with Crippen molar-refractivity contribution in [3.05, 3.63) is 76.5 Å². The highest BCUT2D eigenvalue weighted by atomic mass is 79.9. The van der Waals surface area contributed by atoms with E-state index in [0.29, 0.717) is 11.3 Å². The third-order valence-electron chi connectivity index (χ3n) is 4.21. The van der Waals surface area contributed by atoms with Gasteiger partial charge in [0.1, 0.15) is 11.3 Å². The Morgan fingerprint density at radius 1 is 1.11 bits per heavy atom. The second-order valence-corrected chi connectivity index (χ2v) is 6.81. The maximum atomic E-state index is 12.4. The number of nitrogens with zero attached hydrogens (tertiary/aromatic N) is 1. The van der Waals surface area contributed by atoms with Gasteiger partial charge in [-0.2, -0.15) is 5.10 Å². The predicted octanol–water partition coefficient (Wildman–Crippen LogP) is 5.12. The highest BCUT2D eigenvalue weighted by Gasteiger charge is 2.13. The number of carbonyl (C=O) groups is 1. The first kappa shape index (κ1) is 17.3. The number of fused-ring (bicyclic) bond motifs is 3. The summed E-state index contributed by atoms with van der Waals surface area (Å²) in [6.45, 7) is 0. The minimum Gasteiger partial charge on any atom is -0.496 e. The van der Waals surface area contributed by atoms with Crippen molar-refractivity contribution in [3.63, 3.8) is 0 Å². The average Bonchev–Trinajstić information content (AvgIpc) is 3.13. The van der Waals surface area contributed by atoms with Crippen LogP contribution in [0, 0.1) is 0 Å². The molecule has 0 spiro atoms. The number of ether oxygens (including phenoxy) is 1. The molecule has 0 bridgehead atoms. The topological polar surface area (TPSA) is 63.8 Å². The molecule has 1 aromatic heterocycles. The first-order valence-electron chi connectivity index (χ1n) is 8.24. The highest BCUT2D eigenvalue weighted by molar-refractivity contribution is 9.10. The fourth-order valence-electron chi connectivity index (χ4n) is 2.93. The minimum absolute atomic E-state index is 0.208. The van der Waals surface area contributed by atoms with E-state index in [1.165, 1.54) is 6.21 Å². The lowest BCUT2D eigenvalue weighted by molar-refractivity contribution is 0.0929. The van der Waals surface area contributed by atoms with E-state index in [1.54, 1.807) is 13.2 Å². The largest absolute Gasteiger partial charge is 0.496 e. The molecule has 6 heteroatoms. The number of amides is 1. The van der Waals surface area contributed by atoms with Gasteiger partial charge in [-0.15, -0.1) is 0 Å². The third kappa shape index (κ3) is 3.44. The molecule has 1 N–H and O–H groups in total. The van der Waals surface area contributed by atoms with Gasteiger partial charge in [0.2, 0.25) is 0 Å². The van der Waals surface area contributed by atoms with Crippen molar-refractivity contribution in [2.45, 2.75) is 0 Å². The van der Waals surface area contributed by atoms with E-state index < -0.39 is 5.91 Å². The Labute approximate surface area is 163 Å². The molecule has 4 aromatic rings. The molecule has 0 aliphatic carbocycles. The van der Waals surface area contributed by atoms with Gasteiger partial charge in [0.25, 0.3) is 0 Å². The molecule has 3 aromatic carbocycles. The number of furan rings is 1. The van der Waals surface area contributed by atoms with Crippen molar-refractivity contribution in [1.82, 2.24) is 5.43 Å². The van der Waals surface area contributed by atoms with Crippen LogP contribution in [0.3, 0.4) is 0 Å². The van der Waals surface area contributed by atoms with Crippen LogP contribution in [0.2, 0.25) is 0 Å². The molecule has 5 nitrogen and oxygen atoms in total. The van der Waals surface area contributed by atoms with Gasteiger partial charge >= 0.3 is 5.91 Å². The molecule has 0 aliphatic heterocycles. The predicted molar refractivity (Wildman–Crippen MR) is 109 cm³/mol. The van der Waals surface area contributed by atoms with Crippen LogP contribution in [0.5, 0.6) is 5.75 Å². The van der Waals surface area contributed by atoms with Crippen LogP contribution in [0.4, 0.5) is 0 Å². The Bertz CT molecular complexity index is 1180. The van der Waals surface area contributed by atoms with Crippen LogP contribution in [0.25, 0.3) is 21.7 Å². The number of carbonyl (C=O) groups excluding carboxylic acids is 1. The summed E-state index contributed by atoms with van der Waals surface area (Å²) in [6, 6.07) is 19.1. The molecule has 4 rings (SSSR count). The van der Waals surface area contributed by atoms with Gasteiger partial charge in [-0.1, -0.05) is 46.3 Å². The summed E-state index contributed by atoms with van der Waals surface area (Å²) in [6.07, 6.45) is 1.53. The summed E-state index contributed by atoms with van der Waals surface area (Å²) in [5.41, 5.74) is 3.90. The van der Waals surface area contributed by atoms with Crippen molar-refractivity contribution in [3.8, 4) is 5.75 Å². The van der Waals surface area contributed by atoms with E-state index in [1.807, 2.05) is 54.6 Å². The van der Waals surface area contributed by atoms with Crippen LogP contribution in [-0.4, -0.2) is 19.2 Å². The average molecular weight is 423 g/mol. The lowest BCUT2D eigenvalue weighted by Gasteiger charge is -2.04. The monoisotopic (exact) mass is 422 g/mol. The highest BCUT2D eigenvalue weighted by Crippen LogP contribution is 2.28. The molecule has 0 saturated heterocycles. The molecular weight excluding hydrogens is 408 g/mol. The van der Waals surface area contributed by atoms with Gasteiger partial charge in [-0.25, -0.2) is 5.43 Å². The smallest absolute Gasteiger partial charge is 0.307 e. The number of hydrazone groups is 1. The summed E-state index contributed by atoms with van der Waals surface area (Å²) in [4.78, 5) is 12.4. The van der Waals surface area contributed by atoms with E-state index in [-0.39, 0.29) is 5.76 Å². The number of hydrogen-bond donors (Lipinski definition) is 1. The summed E-state index contributed by atoms with van der Waals surface area (Å²) >= 11 is 3.40. The van der Waals surface area contributed by atoms with E-state index in [2.05, 4.69) is 26.5 Å². The first-order valence-corrected chi connectivity index (χ1v) is 9.03. The number of rotatable bonds is 4. The maximum Gasteiger partial charge on any atom is 0.307 e. The van der Waals surface area contributed by atoms with Crippen molar-refractivity contribution in [2.75, 3.05) is 7.11 Å². The molecule has 0 saturated carbocycles. The number of hydrogen-bond acceptors (Lipinski definition) is 4. The maximum absolute atomic E-state index is 12.4. The second-order valence-electron chi connectivity index (χ2n) is 5.89. The minimum atomic E-state index is -0.416. The van der Waals surface area contributed by atoms with Gasteiger partial charge in [-0.05, 0) is 41.1 Å². The van der Waals surface area contributed by atoms with Gasteiger partial charge in [0.05, 0.1) is 13.3 Å². The van der Waals surface area contributed by atoms with E-state index in [9.17, 15) is 4.79 Å². The van der Waals surface area contributed by atoms with Crippen molar-refractivity contribution in [2.24, 2.45) is 5.10 Å². The Morgan fingerprint density at radius 3 is 2.81 bits per heavy atom. The Kier molecular flexibility index (Phi) is 4.64. The summed E-state index contributed by atoms with van der Waals surface area (Å²) in [5, 5.41) is 7.05. The molecule has 134 valence electrons. The second kappa shape index (κ2) is 7.25. The van der Waals surface area contributed by atoms with Crippen molar-refractivity contribution < 1.29 is 13.9 Å². The summed E-state index contributed by atoms with van der Waals surface area (Å²) in [7, 11) is 1.58. The van der Waals surface area contributed by atoms with Crippen LogP contribution in [0.15, 0.2) is 74.7 Å². The zero-order chi connectivity index (χ0) is 18.8. The van der Waals surface area contributed by atoms with Crippen LogP contribution < -0.4 is 10.2 Å². The fraction of sp³-hybridized carbons (Fsp3) is 0.0476. The van der Waals surface area contributed by atoms with Crippen molar-refractivity contribution >= 4 is 49.8 Å². The van der Waals surface area contributed by atoms with Crippen LogP contribution in [-0.2, 0) is 0 Å². The number of nitrogens with one attached hydrogen (secondary N) is 1. The Hall–Kier alpha value is -3.12. The lowest BCUT2D eigenvalue weighted by Crippen LogP contribution is -2.16. The number of halogens is 1. The fourth-order valence-corrected chi connectivity index (χ4v) is 3.30. The Morgan fingerprint density at radius 2 is 1.96 bits per heavy atom. The quantitative estimate of drug-likeness (QED) is 0.366. The van der Waals surface area contributed by atoms with Crippen LogP contribution >= 0.6 is 15.9 Å². The molecule has 1 amide bonds. The third-order valence-corrected chi connectivity index (χ3v) is 4.70. The number of benzene rings is 3. The van der Waals surface area contributed by atoms with E-state index in [4.69, 9.17) is 9.15 Å². The number of methoxy groups -OCH3 is 1. The zero-order valence-electron chi connectivity index (χ0n) is 14.4. The molecular formula is C21H15BrN2O3. The molecule has 0 atom stereocenters. The van der Waals surface area contributed by atoms with E-state index in [0.717, 1.165) is 26.2 Å². The summed E-state index contributed by atoms with van der Waals surface area (Å²) in [5.74, 6) is 0.451. The normalized spacial score (nSPS) is 11.3.